The van der Waals surface area contributed by atoms with Crippen molar-refractivity contribution in [2.24, 2.45) is 11.7 Å². The molecule has 2 N–H and O–H groups in total. The zero-order valence-corrected chi connectivity index (χ0v) is 9.70. The van der Waals surface area contributed by atoms with Gasteiger partial charge in [-0.05, 0) is 59.0 Å². The zero-order chi connectivity index (χ0) is 9.26. The van der Waals surface area contributed by atoms with E-state index < -0.39 is 0 Å². The summed E-state index contributed by atoms with van der Waals surface area (Å²) < 4.78 is 1.28. The van der Waals surface area contributed by atoms with Crippen LogP contribution in [0.5, 0.6) is 0 Å². The molecule has 1 nitrogen and oxygen atoms in total. The molecular weight excluding hydrogens is 273 g/mol. The summed E-state index contributed by atoms with van der Waals surface area (Å²) in [6, 6.07) is 8.85. The summed E-state index contributed by atoms with van der Waals surface area (Å²) in [4.78, 5) is 0. The summed E-state index contributed by atoms with van der Waals surface area (Å²) >= 11 is 2.32. The third kappa shape index (κ3) is 2.05. The maximum absolute atomic E-state index is 6.15. The van der Waals surface area contributed by atoms with Crippen LogP contribution in [-0.2, 0) is 0 Å². The molecule has 1 aliphatic rings. The van der Waals surface area contributed by atoms with Gasteiger partial charge in [-0.1, -0.05) is 18.6 Å². The predicted molar refractivity (Wildman–Crippen MR) is 63.4 cm³/mol. The lowest BCUT2D eigenvalue weighted by Gasteiger charge is -2.31. The third-order valence-corrected chi connectivity index (χ3v) is 3.63. The summed E-state index contributed by atoms with van der Waals surface area (Å²) in [5.74, 6) is 0.736. The van der Waals surface area contributed by atoms with Gasteiger partial charge in [-0.15, -0.1) is 0 Å². The van der Waals surface area contributed by atoms with Gasteiger partial charge in [0.1, 0.15) is 0 Å². The molecule has 13 heavy (non-hydrogen) atoms. The standard InChI is InChI=1S/C11H14IN/c12-10-6-4-9(5-7-10)11(13)8-2-1-3-8/h4-8,11H,1-3,13H2/t11-/m1/s1. The molecule has 1 aromatic rings. The van der Waals surface area contributed by atoms with Gasteiger partial charge < -0.3 is 5.73 Å². The minimum atomic E-state index is 0.269. The molecule has 0 bridgehead atoms. The fourth-order valence-electron chi connectivity index (χ4n) is 1.76. The van der Waals surface area contributed by atoms with Gasteiger partial charge in [-0.3, -0.25) is 0 Å². The minimum Gasteiger partial charge on any atom is -0.324 e. The molecule has 0 heterocycles. The van der Waals surface area contributed by atoms with Gasteiger partial charge in [-0.2, -0.15) is 0 Å². The Balaban J connectivity index is 2.10. The van der Waals surface area contributed by atoms with Gasteiger partial charge in [0.25, 0.3) is 0 Å². The van der Waals surface area contributed by atoms with E-state index in [9.17, 15) is 0 Å². The van der Waals surface area contributed by atoms with E-state index in [1.54, 1.807) is 0 Å². The van der Waals surface area contributed by atoms with Crippen LogP contribution in [0.2, 0.25) is 0 Å². The second kappa shape index (κ2) is 3.96. The molecule has 70 valence electrons. The molecule has 1 aliphatic carbocycles. The average molecular weight is 287 g/mol. The summed E-state index contributed by atoms with van der Waals surface area (Å²) in [5, 5.41) is 0. The Labute approximate surface area is 92.9 Å². The highest BCUT2D eigenvalue weighted by Gasteiger charge is 2.25. The van der Waals surface area contributed by atoms with E-state index in [1.165, 1.54) is 28.4 Å². The van der Waals surface area contributed by atoms with Crippen LogP contribution in [0.25, 0.3) is 0 Å². The van der Waals surface area contributed by atoms with Gasteiger partial charge in [0.15, 0.2) is 0 Å². The summed E-state index contributed by atoms with van der Waals surface area (Å²) in [5.41, 5.74) is 7.44. The Kier molecular flexibility index (Phi) is 2.89. The van der Waals surface area contributed by atoms with Crippen molar-refractivity contribution in [1.82, 2.24) is 0 Å². The Morgan fingerprint density at radius 2 is 1.85 bits per heavy atom. The number of rotatable bonds is 2. The van der Waals surface area contributed by atoms with Gasteiger partial charge in [0.05, 0.1) is 0 Å². The van der Waals surface area contributed by atoms with E-state index in [-0.39, 0.29) is 6.04 Å². The van der Waals surface area contributed by atoms with Gasteiger partial charge in [0.2, 0.25) is 0 Å². The zero-order valence-electron chi connectivity index (χ0n) is 7.54. The van der Waals surface area contributed by atoms with E-state index in [2.05, 4.69) is 46.9 Å². The van der Waals surface area contributed by atoms with Crippen LogP contribution in [0.3, 0.4) is 0 Å². The molecule has 1 fully saturated rings. The Bertz CT molecular complexity index is 277. The SMILES string of the molecule is N[C@@H](c1ccc(I)cc1)C1CCC1. The molecule has 0 saturated heterocycles. The van der Waals surface area contributed by atoms with Gasteiger partial charge in [-0.25, -0.2) is 0 Å². The number of nitrogens with two attached hydrogens (primary N) is 1. The first-order valence-electron chi connectivity index (χ1n) is 4.78. The van der Waals surface area contributed by atoms with Gasteiger partial charge >= 0.3 is 0 Å². The molecule has 1 aromatic carbocycles. The lowest BCUT2D eigenvalue weighted by atomic mass is 9.78. The van der Waals surface area contributed by atoms with Crippen molar-refractivity contribution in [2.75, 3.05) is 0 Å². The first-order chi connectivity index (χ1) is 6.27. The molecule has 0 amide bonds. The Morgan fingerprint density at radius 3 is 2.31 bits per heavy atom. The molecule has 0 aromatic heterocycles. The van der Waals surface area contributed by atoms with Crippen LogP contribution in [0.1, 0.15) is 30.9 Å². The highest BCUT2D eigenvalue weighted by atomic mass is 127. The van der Waals surface area contributed by atoms with E-state index in [4.69, 9.17) is 5.73 Å². The predicted octanol–water partition coefficient (Wildman–Crippen LogP) is 3.09. The number of hydrogen-bond donors (Lipinski definition) is 1. The Hall–Kier alpha value is -0.0900. The summed E-state index contributed by atoms with van der Waals surface area (Å²) in [7, 11) is 0. The molecule has 1 saturated carbocycles. The fourth-order valence-corrected chi connectivity index (χ4v) is 2.12. The summed E-state index contributed by atoms with van der Waals surface area (Å²) in [6.45, 7) is 0. The quantitative estimate of drug-likeness (QED) is 0.831. The maximum Gasteiger partial charge on any atom is 0.0323 e. The first-order valence-corrected chi connectivity index (χ1v) is 5.86. The van der Waals surface area contributed by atoms with Gasteiger partial charge in [0, 0.05) is 9.61 Å². The second-order valence-electron chi connectivity index (χ2n) is 3.77. The smallest absolute Gasteiger partial charge is 0.0323 e. The van der Waals surface area contributed by atoms with Crippen molar-refractivity contribution >= 4 is 22.6 Å². The molecule has 0 unspecified atom stereocenters. The van der Waals surface area contributed by atoms with E-state index in [0.717, 1.165) is 5.92 Å². The van der Waals surface area contributed by atoms with Crippen molar-refractivity contribution in [2.45, 2.75) is 25.3 Å². The van der Waals surface area contributed by atoms with Crippen LogP contribution < -0.4 is 5.73 Å². The monoisotopic (exact) mass is 287 g/mol. The molecule has 2 heteroatoms. The maximum atomic E-state index is 6.15. The number of hydrogen-bond acceptors (Lipinski definition) is 1. The van der Waals surface area contributed by atoms with E-state index in [0.29, 0.717) is 0 Å². The van der Waals surface area contributed by atoms with Crippen LogP contribution in [0, 0.1) is 9.49 Å². The molecule has 0 spiro atoms. The molecule has 0 aliphatic heterocycles. The minimum absolute atomic E-state index is 0.269. The molecule has 2 rings (SSSR count). The summed E-state index contributed by atoms with van der Waals surface area (Å²) in [6.07, 6.45) is 3.99. The van der Waals surface area contributed by atoms with Crippen LogP contribution in [-0.4, -0.2) is 0 Å². The van der Waals surface area contributed by atoms with Crippen molar-refractivity contribution in [3.05, 3.63) is 33.4 Å². The molecule has 1 atom stereocenters. The fraction of sp³-hybridized carbons (Fsp3) is 0.455. The highest BCUT2D eigenvalue weighted by Crippen LogP contribution is 2.36. The highest BCUT2D eigenvalue weighted by molar-refractivity contribution is 14.1. The van der Waals surface area contributed by atoms with Crippen molar-refractivity contribution < 1.29 is 0 Å². The van der Waals surface area contributed by atoms with Crippen LogP contribution >= 0.6 is 22.6 Å². The second-order valence-corrected chi connectivity index (χ2v) is 5.01. The first kappa shape index (κ1) is 9.46. The number of halogens is 1. The molecular formula is C11H14IN. The van der Waals surface area contributed by atoms with Crippen LogP contribution in [0.4, 0.5) is 0 Å². The normalized spacial score (nSPS) is 19.5. The Morgan fingerprint density at radius 1 is 1.23 bits per heavy atom. The van der Waals surface area contributed by atoms with Crippen molar-refractivity contribution in [3.63, 3.8) is 0 Å². The third-order valence-electron chi connectivity index (χ3n) is 2.91. The van der Waals surface area contributed by atoms with Crippen molar-refractivity contribution in [1.29, 1.82) is 0 Å². The number of benzene rings is 1. The van der Waals surface area contributed by atoms with Crippen molar-refractivity contribution in [3.8, 4) is 0 Å². The topological polar surface area (TPSA) is 26.0 Å². The lowest BCUT2D eigenvalue weighted by Crippen LogP contribution is -2.26. The van der Waals surface area contributed by atoms with E-state index in [1.807, 2.05) is 0 Å². The molecule has 0 radical (unpaired) electrons. The average Bonchev–Trinajstić information content (AvgIpc) is 2.02. The van der Waals surface area contributed by atoms with E-state index >= 15 is 0 Å². The van der Waals surface area contributed by atoms with Crippen LogP contribution in [0.15, 0.2) is 24.3 Å². The largest absolute Gasteiger partial charge is 0.324 e. The lowest BCUT2D eigenvalue weighted by molar-refractivity contribution is 0.264.